The average molecular weight is 353 g/mol. The summed E-state index contributed by atoms with van der Waals surface area (Å²) in [4.78, 5) is 31.1. The van der Waals surface area contributed by atoms with Crippen molar-refractivity contribution in [1.82, 2.24) is 14.7 Å². The molecule has 0 saturated carbocycles. The molecular weight excluding hydrogens is 326 g/mol. The average Bonchev–Trinajstić information content (AvgIpc) is 2.68. The highest BCUT2D eigenvalue weighted by molar-refractivity contribution is 6.07. The summed E-state index contributed by atoms with van der Waals surface area (Å²) >= 11 is 0. The minimum atomic E-state index is 0.0801. The molecule has 2 aromatic rings. The highest BCUT2D eigenvalue weighted by atomic mass is 16.2. The molecule has 26 heavy (non-hydrogen) atoms. The molecule has 5 nitrogen and oxygen atoms in total. The Hall–Kier alpha value is -2.40. The van der Waals surface area contributed by atoms with Crippen LogP contribution in [0.1, 0.15) is 24.2 Å². The van der Waals surface area contributed by atoms with E-state index in [-0.39, 0.29) is 11.8 Å². The van der Waals surface area contributed by atoms with Gasteiger partial charge in [-0.1, -0.05) is 36.4 Å². The zero-order valence-electron chi connectivity index (χ0n) is 15.6. The summed E-state index contributed by atoms with van der Waals surface area (Å²) in [6, 6.07) is 13.9. The maximum atomic E-state index is 13.0. The van der Waals surface area contributed by atoms with Gasteiger partial charge in [0.05, 0.1) is 6.54 Å². The van der Waals surface area contributed by atoms with Crippen LogP contribution in [0, 0.1) is 0 Å². The van der Waals surface area contributed by atoms with Crippen LogP contribution in [0.2, 0.25) is 0 Å². The van der Waals surface area contributed by atoms with Gasteiger partial charge in [0.1, 0.15) is 0 Å². The van der Waals surface area contributed by atoms with Gasteiger partial charge in [-0.15, -0.1) is 0 Å². The molecule has 2 aromatic carbocycles. The Morgan fingerprint density at radius 2 is 1.58 bits per heavy atom. The Kier molecular flexibility index (Phi) is 5.89. The van der Waals surface area contributed by atoms with Crippen molar-refractivity contribution >= 4 is 22.6 Å². The number of nitrogens with zero attached hydrogens (tertiary/aromatic N) is 3. The third-order valence-corrected chi connectivity index (χ3v) is 5.15. The fourth-order valence-electron chi connectivity index (χ4n) is 3.56. The van der Waals surface area contributed by atoms with E-state index >= 15 is 0 Å². The Morgan fingerprint density at radius 1 is 0.923 bits per heavy atom. The molecule has 1 aliphatic rings. The molecule has 0 N–H and O–H groups in total. The van der Waals surface area contributed by atoms with Gasteiger partial charge in [0.2, 0.25) is 5.91 Å². The Bertz CT molecular complexity index is 772. The van der Waals surface area contributed by atoms with Crippen LogP contribution in [-0.4, -0.2) is 72.3 Å². The topological polar surface area (TPSA) is 43.9 Å². The number of benzene rings is 2. The van der Waals surface area contributed by atoms with E-state index in [9.17, 15) is 9.59 Å². The van der Waals surface area contributed by atoms with E-state index in [0.29, 0.717) is 19.6 Å². The molecule has 0 aromatic heterocycles. The number of hydrogen-bond acceptors (Lipinski definition) is 3. The first-order chi connectivity index (χ1) is 12.6. The van der Waals surface area contributed by atoms with Crippen LogP contribution in [0.3, 0.4) is 0 Å². The summed E-state index contributed by atoms with van der Waals surface area (Å²) in [5.74, 6) is 0.250. The second-order valence-corrected chi connectivity index (χ2v) is 6.66. The second-order valence-electron chi connectivity index (χ2n) is 6.66. The van der Waals surface area contributed by atoms with Crippen LogP contribution in [0.25, 0.3) is 10.8 Å². The highest BCUT2D eigenvalue weighted by Gasteiger charge is 2.25. The van der Waals surface area contributed by atoms with Gasteiger partial charge in [-0.25, -0.2) is 0 Å². The summed E-state index contributed by atoms with van der Waals surface area (Å²) in [7, 11) is 0. The zero-order valence-corrected chi connectivity index (χ0v) is 15.6. The Balaban J connectivity index is 1.63. The molecule has 0 atom stereocenters. The number of likely N-dealkylation sites (N-methyl/N-ethyl adjacent to an activating group) is 1. The summed E-state index contributed by atoms with van der Waals surface area (Å²) in [6.45, 7) is 8.74. The lowest BCUT2D eigenvalue weighted by Gasteiger charge is -2.35. The van der Waals surface area contributed by atoms with E-state index in [1.165, 1.54) is 0 Å². The molecule has 0 bridgehead atoms. The quantitative estimate of drug-likeness (QED) is 0.829. The van der Waals surface area contributed by atoms with Gasteiger partial charge in [-0.3, -0.25) is 14.5 Å². The van der Waals surface area contributed by atoms with Crippen LogP contribution >= 0.6 is 0 Å². The third-order valence-electron chi connectivity index (χ3n) is 5.15. The molecule has 1 fully saturated rings. The van der Waals surface area contributed by atoms with Gasteiger partial charge < -0.3 is 9.80 Å². The second kappa shape index (κ2) is 8.32. The van der Waals surface area contributed by atoms with Gasteiger partial charge in [0, 0.05) is 44.8 Å². The highest BCUT2D eigenvalue weighted by Crippen LogP contribution is 2.20. The van der Waals surface area contributed by atoms with Gasteiger partial charge >= 0.3 is 0 Å². The first-order valence-electron chi connectivity index (χ1n) is 9.41. The lowest BCUT2D eigenvalue weighted by atomic mass is 10.0. The Labute approximate surface area is 155 Å². The van der Waals surface area contributed by atoms with Gasteiger partial charge in [-0.2, -0.15) is 0 Å². The van der Waals surface area contributed by atoms with Gasteiger partial charge in [0.15, 0.2) is 0 Å². The molecule has 2 amide bonds. The number of piperazine rings is 1. The lowest BCUT2D eigenvalue weighted by molar-refractivity contribution is -0.132. The summed E-state index contributed by atoms with van der Waals surface area (Å²) in [5, 5.41) is 2.08. The standard InChI is InChI=1S/C21H27N3O2/c1-3-23(4-2)20(25)16-22-12-14-24(15-13-22)21(26)19-11-7-9-17-8-5-6-10-18(17)19/h5-11H,3-4,12-16H2,1-2H3. The predicted molar refractivity (Wildman–Crippen MR) is 104 cm³/mol. The number of carbonyl (C=O) groups is 2. The number of fused-ring (bicyclic) bond motifs is 1. The first kappa shape index (κ1) is 18.4. The van der Waals surface area contributed by atoms with Crippen LogP contribution in [0.4, 0.5) is 0 Å². The van der Waals surface area contributed by atoms with Crippen molar-refractivity contribution in [3.05, 3.63) is 48.0 Å². The third kappa shape index (κ3) is 3.88. The van der Waals surface area contributed by atoms with E-state index < -0.39 is 0 Å². The van der Waals surface area contributed by atoms with Crippen LogP contribution < -0.4 is 0 Å². The largest absolute Gasteiger partial charge is 0.342 e. The fourth-order valence-corrected chi connectivity index (χ4v) is 3.56. The smallest absolute Gasteiger partial charge is 0.254 e. The van der Waals surface area contributed by atoms with Crippen molar-refractivity contribution in [3.63, 3.8) is 0 Å². The first-order valence-corrected chi connectivity index (χ1v) is 9.41. The van der Waals surface area contributed by atoms with Crippen molar-refractivity contribution in [3.8, 4) is 0 Å². The maximum absolute atomic E-state index is 13.0. The fraction of sp³-hybridized carbons (Fsp3) is 0.429. The van der Waals surface area contributed by atoms with E-state index in [4.69, 9.17) is 0 Å². The SMILES string of the molecule is CCN(CC)C(=O)CN1CCN(C(=O)c2cccc3ccccc23)CC1. The van der Waals surface area contributed by atoms with Crippen molar-refractivity contribution < 1.29 is 9.59 Å². The maximum Gasteiger partial charge on any atom is 0.254 e. The summed E-state index contributed by atoms with van der Waals surface area (Å²) < 4.78 is 0. The molecule has 0 spiro atoms. The molecule has 0 radical (unpaired) electrons. The Morgan fingerprint density at radius 3 is 2.27 bits per heavy atom. The van der Waals surface area contributed by atoms with Crippen LogP contribution in [0.15, 0.2) is 42.5 Å². The molecule has 3 rings (SSSR count). The lowest BCUT2D eigenvalue weighted by Crippen LogP contribution is -2.51. The van der Waals surface area contributed by atoms with E-state index in [2.05, 4.69) is 4.90 Å². The minimum Gasteiger partial charge on any atom is -0.342 e. The molecule has 0 aliphatic carbocycles. The predicted octanol–water partition coefficient (Wildman–Crippen LogP) is 2.47. The van der Waals surface area contributed by atoms with Gasteiger partial charge in [-0.05, 0) is 30.7 Å². The molecule has 138 valence electrons. The van der Waals surface area contributed by atoms with Crippen molar-refractivity contribution in [1.29, 1.82) is 0 Å². The number of hydrogen-bond donors (Lipinski definition) is 0. The van der Waals surface area contributed by atoms with Crippen molar-refractivity contribution in [2.24, 2.45) is 0 Å². The monoisotopic (exact) mass is 353 g/mol. The number of rotatable bonds is 5. The summed E-state index contributed by atoms with van der Waals surface area (Å²) in [6.07, 6.45) is 0. The molecular formula is C21H27N3O2. The zero-order chi connectivity index (χ0) is 18.5. The van der Waals surface area contributed by atoms with Gasteiger partial charge in [0.25, 0.3) is 5.91 Å². The number of carbonyl (C=O) groups excluding carboxylic acids is 2. The molecule has 1 aliphatic heterocycles. The van der Waals surface area contributed by atoms with Crippen LogP contribution in [0.5, 0.6) is 0 Å². The van der Waals surface area contributed by atoms with Crippen LogP contribution in [-0.2, 0) is 4.79 Å². The normalized spacial score (nSPS) is 15.2. The van der Waals surface area contributed by atoms with E-state index in [1.807, 2.05) is 66.1 Å². The van der Waals surface area contributed by atoms with Crippen molar-refractivity contribution in [2.45, 2.75) is 13.8 Å². The molecule has 1 saturated heterocycles. The number of amides is 2. The molecule has 1 heterocycles. The van der Waals surface area contributed by atoms with E-state index in [0.717, 1.165) is 42.5 Å². The molecule has 5 heteroatoms. The molecule has 0 unspecified atom stereocenters. The minimum absolute atomic E-state index is 0.0801. The van der Waals surface area contributed by atoms with E-state index in [1.54, 1.807) is 0 Å². The van der Waals surface area contributed by atoms with Crippen molar-refractivity contribution in [2.75, 3.05) is 45.8 Å². The summed E-state index contributed by atoms with van der Waals surface area (Å²) in [5.41, 5.74) is 0.760.